The lowest BCUT2D eigenvalue weighted by atomic mass is 9.92. The molecule has 0 saturated carbocycles. The van der Waals surface area contributed by atoms with Gasteiger partial charge in [0.15, 0.2) is 22.3 Å². The minimum atomic E-state index is -1.04. The monoisotopic (exact) mass is 516 g/mol. The van der Waals surface area contributed by atoms with Crippen LogP contribution in [0.3, 0.4) is 0 Å². The summed E-state index contributed by atoms with van der Waals surface area (Å²) in [6.45, 7) is 1.21. The van der Waals surface area contributed by atoms with Gasteiger partial charge in [0.05, 0.1) is 7.11 Å². The number of methoxy groups -OCH3 is 1. The number of hydrogen-bond acceptors (Lipinski definition) is 10. The Balaban J connectivity index is 1.47. The van der Waals surface area contributed by atoms with Crippen molar-refractivity contribution >= 4 is 28.3 Å². The molecule has 12 nitrogen and oxygen atoms in total. The maximum Gasteiger partial charge on any atom is 0.357 e. The molecule has 2 aliphatic heterocycles. The molecule has 1 aromatic carbocycles. The highest BCUT2D eigenvalue weighted by Gasteiger charge is 2.32. The summed E-state index contributed by atoms with van der Waals surface area (Å²) in [5.74, 6) is -0.389. The van der Waals surface area contributed by atoms with Crippen molar-refractivity contribution in [3.05, 3.63) is 39.8 Å². The average molecular weight is 517 g/mol. The SMILES string of the molecule is COC(=O)c1csc(NC(=O)C(CC2CCOCC2)n2c(O)c(-c3ccc4c(c3)OCO4)[nH]c2=O)n1. The molecule has 0 bridgehead atoms. The van der Waals surface area contributed by atoms with Gasteiger partial charge in [-0.2, -0.15) is 0 Å². The van der Waals surface area contributed by atoms with Crippen LogP contribution in [-0.2, 0) is 14.3 Å². The van der Waals surface area contributed by atoms with Crippen LogP contribution in [0.1, 0.15) is 35.8 Å². The number of carbonyl (C=O) groups excluding carboxylic acids is 2. The number of aromatic amines is 1. The van der Waals surface area contributed by atoms with Crippen molar-refractivity contribution in [3.8, 4) is 28.6 Å². The summed E-state index contributed by atoms with van der Waals surface area (Å²) in [6.07, 6.45) is 1.75. The zero-order chi connectivity index (χ0) is 25.2. The molecule has 0 aliphatic carbocycles. The number of fused-ring (bicyclic) bond motifs is 1. The molecular formula is C23H24N4O8S. The largest absolute Gasteiger partial charge is 0.493 e. The van der Waals surface area contributed by atoms with E-state index in [1.54, 1.807) is 18.2 Å². The molecule has 36 heavy (non-hydrogen) atoms. The van der Waals surface area contributed by atoms with Crippen molar-refractivity contribution in [3.63, 3.8) is 0 Å². The number of hydrogen-bond donors (Lipinski definition) is 3. The Morgan fingerprint density at radius 1 is 1.31 bits per heavy atom. The summed E-state index contributed by atoms with van der Waals surface area (Å²) >= 11 is 1.05. The topological polar surface area (TPSA) is 154 Å². The van der Waals surface area contributed by atoms with E-state index in [1.807, 2.05) is 0 Å². The molecule has 2 aromatic heterocycles. The highest BCUT2D eigenvalue weighted by atomic mass is 32.1. The third-order valence-corrected chi connectivity index (χ3v) is 6.96. The fourth-order valence-electron chi connectivity index (χ4n) is 4.33. The maximum absolute atomic E-state index is 13.4. The fraction of sp³-hybridized carbons (Fsp3) is 0.391. The fourth-order valence-corrected chi connectivity index (χ4v) is 5.01. The van der Waals surface area contributed by atoms with E-state index in [1.165, 1.54) is 12.5 Å². The Morgan fingerprint density at radius 2 is 2.08 bits per heavy atom. The van der Waals surface area contributed by atoms with Crippen LogP contribution in [0, 0.1) is 5.92 Å². The highest BCUT2D eigenvalue weighted by molar-refractivity contribution is 7.14. The number of thiazole rings is 1. The number of rotatable bonds is 7. The van der Waals surface area contributed by atoms with E-state index in [0.717, 1.165) is 28.7 Å². The van der Waals surface area contributed by atoms with E-state index in [-0.39, 0.29) is 35.1 Å². The Kier molecular flexibility index (Phi) is 6.65. The third-order valence-electron chi connectivity index (χ3n) is 6.20. The van der Waals surface area contributed by atoms with Crippen LogP contribution < -0.4 is 20.5 Å². The second-order valence-electron chi connectivity index (χ2n) is 8.39. The molecule has 0 spiro atoms. The molecule has 3 aromatic rings. The lowest BCUT2D eigenvalue weighted by molar-refractivity contribution is -0.120. The zero-order valence-corrected chi connectivity index (χ0v) is 20.1. The van der Waals surface area contributed by atoms with Gasteiger partial charge in [0, 0.05) is 24.2 Å². The first-order valence-corrected chi connectivity index (χ1v) is 12.2. The van der Waals surface area contributed by atoms with Gasteiger partial charge in [-0.3, -0.25) is 9.36 Å². The van der Waals surface area contributed by atoms with Gasteiger partial charge in [-0.05, 0) is 43.4 Å². The molecule has 5 rings (SSSR count). The van der Waals surface area contributed by atoms with Crippen LogP contribution in [-0.4, -0.2) is 58.6 Å². The Labute approximate surface area is 208 Å². The van der Waals surface area contributed by atoms with Gasteiger partial charge < -0.3 is 34.4 Å². The number of H-pyrrole nitrogens is 1. The standard InChI is InChI=1S/C23H24N4O8S/c1-32-21(30)14-10-36-22(24-14)26-19(28)15(8-12-4-6-33-7-5-12)27-20(29)18(25-23(27)31)13-2-3-16-17(9-13)35-11-34-16/h2-3,9-10,12,15,29H,4-8,11H2,1H3,(H,25,31)(H,24,26,28). The van der Waals surface area contributed by atoms with Crippen molar-refractivity contribution in [2.24, 2.45) is 5.92 Å². The second-order valence-corrected chi connectivity index (χ2v) is 9.25. The van der Waals surface area contributed by atoms with Crippen LogP contribution in [0.25, 0.3) is 11.3 Å². The van der Waals surface area contributed by atoms with E-state index in [2.05, 4.69) is 20.0 Å². The Hall–Kier alpha value is -3.84. The molecule has 13 heteroatoms. The number of amides is 1. The van der Waals surface area contributed by atoms with Gasteiger partial charge in [0.2, 0.25) is 18.6 Å². The number of ether oxygens (including phenoxy) is 4. The number of esters is 1. The molecule has 1 amide bonds. The molecule has 4 heterocycles. The van der Waals surface area contributed by atoms with Crippen LogP contribution >= 0.6 is 11.3 Å². The maximum atomic E-state index is 13.4. The molecule has 2 aliphatic rings. The Morgan fingerprint density at radius 3 is 2.86 bits per heavy atom. The molecule has 3 N–H and O–H groups in total. The number of carbonyl (C=O) groups is 2. The van der Waals surface area contributed by atoms with E-state index < -0.39 is 23.6 Å². The van der Waals surface area contributed by atoms with Gasteiger partial charge >= 0.3 is 11.7 Å². The van der Waals surface area contributed by atoms with Crippen molar-refractivity contribution in [2.45, 2.75) is 25.3 Å². The molecule has 1 saturated heterocycles. The van der Waals surface area contributed by atoms with E-state index in [0.29, 0.717) is 36.7 Å². The smallest absolute Gasteiger partial charge is 0.357 e. The number of anilines is 1. The number of aromatic nitrogens is 3. The minimum absolute atomic E-state index is 0.0607. The number of nitrogens with one attached hydrogen (secondary N) is 2. The van der Waals surface area contributed by atoms with Crippen molar-refractivity contribution < 1.29 is 33.6 Å². The number of nitrogens with zero attached hydrogens (tertiary/aromatic N) is 2. The average Bonchev–Trinajstić information content (AvgIpc) is 3.61. The zero-order valence-electron chi connectivity index (χ0n) is 19.3. The lowest BCUT2D eigenvalue weighted by Crippen LogP contribution is -2.34. The number of benzene rings is 1. The summed E-state index contributed by atoms with van der Waals surface area (Å²) in [7, 11) is 1.24. The number of aromatic hydroxyl groups is 1. The minimum Gasteiger partial charge on any atom is -0.493 e. The van der Waals surface area contributed by atoms with Crippen LogP contribution in [0.5, 0.6) is 17.4 Å². The molecule has 190 valence electrons. The van der Waals surface area contributed by atoms with Gasteiger partial charge in [0.1, 0.15) is 11.7 Å². The Bertz CT molecular complexity index is 1340. The summed E-state index contributed by atoms with van der Waals surface area (Å²) in [4.78, 5) is 45.0. The highest BCUT2D eigenvalue weighted by Crippen LogP contribution is 2.38. The van der Waals surface area contributed by atoms with E-state index in [4.69, 9.17) is 14.2 Å². The lowest BCUT2D eigenvalue weighted by Gasteiger charge is -2.26. The summed E-state index contributed by atoms with van der Waals surface area (Å²) in [5.41, 5.74) is 0.0815. The van der Waals surface area contributed by atoms with Gasteiger partial charge in [-0.15, -0.1) is 11.3 Å². The van der Waals surface area contributed by atoms with Crippen LogP contribution in [0.4, 0.5) is 5.13 Å². The molecule has 1 unspecified atom stereocenters. The van der Waals surface area contributed by atoms with E-state index in [9.17, 15) is 19.5 Å². The first kappa shape index (κ1) is 23.9. The van der Waals surface area contributed by atoms with Crippen molar-refractivity contribution in [1.82, 2.24) is 14.5 Å². The number of imidazole rings is 1. The quantitative estimate of drug-likeness (QED) is 0.402. The van der Waals surface area contributed by atoms with Gasteiger partial charge in [-0.1, -0.05) is 0 Å². The third kappa shape index (κ3) is 4.66. The summed E-state index contributed by atoms with van der Waals surface area (Å²) < 4.78 is 21.9. The van der Waals surface area contributed by atoms with Crippen molar-refractivity contribution in [2.75, 3.05) is 32.4 Å². The van der Waals surface area contributed by atoms with Crippen LogP contribution in [0.2, 0.25) is 0 Å². The summed E-state index contributed by atoms with van der Waals surface area (Å²) in [5, 5.41) is 15.4. The second kappa shape index (κ2) is 10.0. The molecule has 1 atom stereocenters. The van der Waals surface area contributed by atoms with Crippen molar-refractivity contribution in [1.29, 1.82) is 0 Å². The van der Waals surface area contributed by atoms with Crippen LogP contribution in [0.15, 0.2) is 28.4 Å². The predicted molar refractivity (Wildman–Crippen MR) is 128 cm³/mol. The molecular weight excluding hydrogens is 492 g/mol. The van der Waals surface area contributed by atoms with Gasteiger partial charge in [-0.25, -0.2) is 14.6 Å². The molecule has 1 fully saturated rings. The van der Waals surface area contributed by atoms with Gasteiger partial charge in [0.25, 0.3) is 0 Å². The van der Waals surface area contributed by atoms with E-state index >= 15 is 0 Å². The first-order valence-electron chi connectivity index (χ1n) is 11.3. The molecule has 0 radical (unpaired) electrons. The first-order chi connectivity index (χ1) is 17.4. The summed E-state index contributed by atoms with van der Waals surface area (Å²) in [6, 6.07) is 3.97. The predicted octanol–water partition coefficient (Wildman–Crippen LogP) is 2.52. The normalized spacial score (nSPS) is 16.0.